The van der Waals surface area contributed by atoms with Gasteiger partial charge in [0.25, 0.3) is 0 Å². The Kier molecular flexibility index (Phi) is 4.81. The van der Waals surface area contributed by atoms with E-state index in [4.69, 9.17) is 0 Å². The van der Waals surface area contributed by atoms with Crippen molar-refractivity contribution in [3.8, 4) is 0 Å². The van der Waals surface area contributed by atoms with Gasteiger partial charge < -0.3 is 5.32 Å². The highest BCUT2D eigenvalue weighted by molar-refractivity contribution is 7.98. The molecule has 15 heavy (non-hydrogen) atoms. The molecular formula is C10H12F3NS. The summed E-state index contributed by atoms with van der Waals surface area (Å²) in [7, 11) is 0. The average molecular weight is 235 g/mol. The van der Waals surface area contributed by atoms with Gasteiger partial charge in [-0.05, 0) is 30.6 Å². The van der Waals surface area contributed by atoms with Crippen molar-refractivity contribution in [2.24, 2.45) is 0 Å². The number of rotatable bonds is 5. The molecule has 0 aromatic heterocycles. The molecule has 0 spiro atoms. The molecule has 0 amide bonds. The van der Waals surface area contributed by atoms with Crippen molar-refractivity contribution in [1.29, 1.82) is 0 Å². The largest absolute Gasteiger partial charge is 0.383 e. The van der Waals surface area contributed by atoms with Gasteiger partial charge in [0.05, 0.1) is 5.69 Å². The van der Waals surface area contributed by atoms with E-state index in [0.29, 0.717) is 6.54 Å². The van der Waals surface area contributed by atoms with Crippen LogP contribution < -0.4 is 5.32 Å². The van der Waals surface area contributed by atoms with Crippen LogP contribution in [-0.4, -0.2) is 18.6 Å². The maximum atomic E-state index is 13.1. The Bertz CT molecular complexity index is 331. The van der Waals surface area contributed by atoms with Gasteiger partial charge in [0.2, 0.25) is 0 Å². The Morgan fingerprint density at radius 3 is 2.60 bits per heavy atom. The summed E-state index contributed by atoms with van der Waals surface area (Å²) >= 11 is 1.68. The molecule has 0 aliphatic carbocycles. The Morgan fingerprint density at radius 2 is 1.93 bits per heavy atom. The van der Waals surface area contributed by atoms with E-state index in [2.05, 4.69) is 5.32 Å². The monoisotopic (exact) mass is 235 g/mol. The smallest absolute Gasteiger partial charge is 0.196 e. The number of nitrogens with one attached hydrogen (secondary N) is 1. The predicted molar refractivity (Wildman–Crippen MR) is 57.8 cm³/mol. The molecule has 1 aromatic carbocycles. The summed E-state index contributed by atoms with van der Waals surface area (Å²) in [5.74, 6) is -2.80. The lowest BCUT2D eigenvalue weighted by atomic mass is 10.2. The van der Waals surface area contributed by atoms with Crippen molar-refractivity contribution >= 4 is 17.4 Å². The molecule has 0 saturated heterocycles. The Labute approximate surface area is 91.1 Å². The lowest BCUT2D eigenvalue weighted by molar-refractivity contribution is 0.449. The summed E-state index contributed by atoms with van der Waals surface area (Å²) in [6.45, 7) is 0.544. The number of hydrogen-bond donors (Lipinski definition) is 1. The Balaban J connectivity index is 2.58. The van der Waals surface area contributed by atoms with Gasteiger partial charge in [-0.2, -0.15) is 11.8 Å². The highest BCUT2D eigenvalue weighted by Gasteiger charge is 2.12. The second-order valence-electron chi connectivity index (χ2n) is 3.00. The standard InChI is InChI=1S/C10H12F3NS/c1-15-6-2-5-14-8-4-3-7(11)9(12)10(8)13/h3-4,14H,2,5-6H2,1H3. The molecule has 1 nitrogen and oxygen atoms in total. The van der Waals surface area contributed by atoms with E-state index in [0.717, 1.165) is 18.2 Å². The molecule has 1 rings (SSSR count). The third-order valence-electron chi connectivity index (χ3n) is 1.88. The Morgan fingerprint density at radius 1 is 1.20 bits per heavy atom. The van der Waals surface area contributed by atoms with E-state index in [-0.39, 0.29) is 5.69 Å². The molecule has 0 saturated carbocycles. The average Bonchev–Trinajstić information content (AvgIpc) is 2.24. The maximum absolute atomic E-state index is 13.1. The molecule has 1 N–H and O–H groups in total. The molecule has 0 heterocycles. The molecule has 0 bridgehead atoms. The normalized spacial score (nSPS) is 10.4. The van der Waals surface area contributed by atoms with Crippen LogP contribution in [0.1, 0.15) is 6.42 Å². The highest BCUT2D eigenvalue weighted by atomic mass is 32.2. The van der Waals surface area contributed by atoms with Crippen LogP contribution in [0.5, 0.6) is 0 Å². The molecule has 0 radical (unpaired) electrons. The third-order valence-corrected chi connectivity index (χ3v) is 2.57. The number of hydrogen-bond acceptors (Lipinski definition) is 2. The zero-order chi connectivity index (χ0) is 11.3. The zero-order valence-electron chi connectivity index (χ0n) is 8.32. The van der Waals surface area contributed by atoms with Gasteiger partial charge in [0.15, 0.2) is 17.5 Å². The summed E-state index contributed by atoms with van der Waals surface area (Å²) in [4.78, 5) is 0. The van der Waals surface area contributed by atoms with Gasteiger partial charge in [-0.1, -0.05) is 0 Å². The van der Waals surface area contributed by atoms with Gasteiger partial charge in [0.1, 0.15) is 0 Å². The molecule has 0 aliphatic heterocycles. The second-order valence-corrected chi connectivity index (χ2v) is 3.98. The van der Waals surface area contributed by atoms with E-state index < -0.39 is 17.5 Å². The first-order chi connectivity index (χ1) is 7.16. The summed E-state index contributed by atoms with van der Waals surface area (Å²) < 4.78 is 38.4. The van der Waals surface area contributed by atoms with Gasteiger partial charge in [-0.25, -0.2) is 13.2 Å². The van der Waals surface area contributed by atoms with Crippen molar-refractivity contribution in [3.63, 3.8) is 0 Å². The minimum Gasteiger partial charge on any atom is -0.383 e. The molecule has 5 heteroatoms. The first-order valence-corrected chi connectivity index (χ1v) is 5.92. The molecule has 0 unspecified atom stereocenters. The van der Waals surface area contributed by atoms with E-state index in [1.54, 1.807) is 11.8 Å². The molecule has 84 valence electrons. The van der Waals surface area contributed by atoms with E-state index in [1.165, 1.54) is 6.07 Å². The summed E-state index contributed by atoms with van der Waals surface area (Å²) in [6.07, 6.45) is 2.82. The fourth-order valence-electron chi connectivity index (χ4n) is 1.10. The highest BCUT2D eigenvalue weighted by Crippen LogP contribution is 2.19. The van der Waals surface area contributed by atoms with Gasteiger partial charge in [-0.3, -0.25) is 0 Å². The summed E-state index contributed by atoms with van der Waals surface area (Å²) in [5.41, 5.74) is 0.00926. The number of thioether (sulfide) groups is 1. The number of anilines is 1. The van der Waals surface area contributed by atoms with Crippen molar-refractivity contribution in [1.82, 2.24) is 0 Å². The fourth-order valence-corrected chi connectivity index (χ4v) is 1.54. The number of benzene rings is 1. The SMILES string of the molecule is CSCCCNc1ccc(F)c(F)c1F. The first kappa shape index (κ1) is 12.2. The maximum Gasteiger partial charge on any atom is 0.196 e. The minimum absolute atomic E-state index is 0.00926. The van der Waals surface area contributed by atoms with Crippen molar-refractivity contribution in [3.05, 3.63) is 29.6 Å². The van der Waals surface area contributed by atoms with Gasteiger partial charge in [0, 0.05) is 6.54 Å². The lowest BCUT2D eigenvalue weighted by Gasteiger charge is -2.07. The van der Waals surface area contributed by atoms with E-state index in [1.807, 2.05) is 6.26 Å². The molecule has 0 fully saturated rings. The molecular weight excluding hydrogens is 223 g/mol. The van der Waals surface area contributed by atoms with Gasteiger partial charge in [-0.15, -0.1) is 0 Å². The summed E-state index contributed by atoms with van der Waals surface area (Å²) in [5, 5.41) is 2.72. The lowest BCUT2D eigenvalue weighted by Crippen LogP contribution is -2.06. The Hall–Kier alpha value is -0.840. The molecule has 0 aliphatic rings. The van der Waals surface area contributed by atoms with Crippen LogP contribution in [0.4, 0.5) is 18.9 Å². The number of halogens is 3. The van der Waals surface area contributed by atoms with Gasteiger partial charge >= 0.3 is 0 Å². The van der Waals surface area contributed by atoms with Crippen molar-refractivity contribution in [2.75, 3.05) is 23.9 Å². The van der Waals surface area contributed by atoms with Crippen molar-refractivity contribution < 1.29 is 13.2 Å². The van der Waals surface area contributed by atoms with Crippen LogP contribution >= 0.6 is 11.8 Å². The first-order valence-electron chi connectivity index (χ1n) is 4.53. The predicted octanol–water partition coefficient (Wildman–Crippen LogP) is 3.27. The summed E-state index contributed by atoms with van der Waals surface area (Å²) in [6, 6.07) is 2.11. The zero-order valence-corrected chi connectivity index (χ0v) is 9.13. The van der Waals surface area contributed by atoms with Crippen LogP contribution in [0.15, 0.2) is 12.1 Å². The van der Waals surface area contributed by atoms with Crippen LogP contribution in [0.25, 0.3) is 0 Å². The fraction of sp³-hybridized carbons (Fsp3) is 0.400. The minimum atomic E-state index is -1.43. The third kappa shape index (κ3) is 3.34. The van der Waals surface area contributed by atoms with Crippen LogP contribution in [-0.2, 0) is 0 Å². The van der Waals surface area contributed by atoms with Crippen LogP contribution in [0, 0.1) is 17.5 Å². The molecule has 0 atom stereocenters. The molecule has 1 aromatic rings. The van der Waals surface area contributed by atoms with E-state index >= 15 is 0 Å². The second kappa shape index (κ2) is 5.90. The van der Waals surface area contributed by atoms with Crippen molar-refractivity contribution in [2.45, 2.75) is 6.42 Å². The quantitative estimate of drug-likeness (QED) is 0.621. The van der Waals surface area contributed by atoms with Crippen LogP contribution in [0.2, 0.25) is 0 Å². The topological polar surface area (TPSA) is 12.0 Å². The van der Waals surface area contributed by atoms with Crippen LogP contribution in [0.3, 0.4) is 0 Å². The van der Waals surface area contributed by atoms with E-state index in [9.17, 15) is 13.2 Å².